The Morgan fingerprint density at radius 1 is 0.721 bits per heavy atom. The molecule has 0 aromatic heterocycles. The van der Waals surface area contributed by atoms with Gasteiger partial charge in [-0.25, -0.2) is 8.93 Å². The first-order valence-corrected chi connectivity index (χ1v) is 20.1. The van der Waals surface area contributed by atoms with Crippen molar-refractivity contribution in [1.29, 1.82) is 0 Å². The zero-order valence-corrected chi connectivity index (χ0v) is 29.0. The molecule has 0 heterocycles. The minimum absolute atomic E-state index is 0.0531. The van der Waals surface area contributed by atoms with Crippen LogP contribution in [0.5, 0.6) is 0 Å². The third-order valence-electron chi connectivity index (χ3n) is 12.8. The average Bonchev–Trinajstić information content (AvgIpc) is 2.89. The molecule has 2 atom stereocenters. The summed E-state index contributed by atoms with van der Waals surface area (Å²) >= 11 is 0. The molecule has 8 aliphatic rings. The Morgan fingerprint density at radius 3 is 1.56 bits per heavy atom. The van der Waals surface area contributed by atoms with Crippen LogP contribution >= 0.6 is 7.92 Å². The Morgan fingerprint density at radius 2 is 1.14 bits per heavy atom. The zero-order valence-electron chi connectivity index (χ0n) is 27.3. The second kappa shape index (κ2) is 10.5. The van der Waals surface area contributed by atoms with Crippen LogP contribution in [0, 0.1) is 49.4 Å². The van der Waals surface area contributed by atoms with Crippen LogP contribution in [0.25, 0.3) is 0 Å². The third kappa shape index (κ3) is 5.15. The summed E-state index contributed by atoms with van der Waals surface area (Å²) in [6, 6.07) is 16.6. The van der Waals surface area contributed by atoms with E-state index in [4.69, 9.17) is 0 Å². The molecule has 43 heavy (non-hydrogen) atoms. The number of rotatable bonds is 7. The van der Waals surface area contributed by atoms with Gasteiger partial charge in [0.15, 0.2) is 0 Å². The van der Waals surface area contributed by atoms with E-state index in [0.717, 1.165) is 35.5 Å². The van der Waals surface area contributed by atoms with Gasteiger partial charge in [0.25, 0.3) is 0 Å². The summed E-state index contributed by atoms with van der Waals surface area (Å²) in [5.41, 5.74) is 5.33. The van der Waals surface area contributed by atoms with Crippen LogP contribution in [0.2, 0.25) is 0 Å². The van der Waals surface area contributed by atoms with E-state index in [0.29, 0.717) is 10.3 Å². The van der Waals surface area contributed by atoms with E-state index in [1.807, 2.05) is 0 Å². The van der Waals surface area contributed by atoms with Gasteiger partial charge in [-0.3, -0.25) is 0 Å². The highest BCUT2D eigenvalue weighted by Crippen LogP contribution is 2.78. The van der Waals surface area contributed by atoms with Gasteiger partial charge in [0.05, 0.1) is 21.8 Å². The molecule has 8 fully saturated rings. The Kier molecular flexibility index (Phi) is 7.18. The van der Waals surface area contributed by atoms with Gasteiger partial charge < -0.3 is 0 Å². The Labute approximate surface area is 265 Å². The molecular weight excluding hydrogens is 561 g/mol. The van der Waals surface area contributed by atoms with Crippen LogP contribution < -0.4 is 10.0 Å². The molecule has 0 amide bonds. The summed E-state index contributed by atoms with van der Waals surface area (Å²) in [5, 5.41) is 2.73. The lowest BCUT2D eigenvalue weighted by molar-refractivity contribution is 0.0195. The molecule has 2 aromatic rings. The first kappa shape index (κ1) is 29.4. The van der Waals surface area contributed by atoms with Crippen LogP contribution in [-0.4, -0.2) is 19.3 Å². The minimum Gasteiger partial charge on any atom is -0.242 e. The summed E-state index contributed by atoms with van der Waals surface area (Å²) < 4.78 is 17.4. The van der Waals surface area contributed by atoms with Crippen LogP contribution in [-0.2, 0) is 11.0 Å². The summed E-state index contributed by atoms with van der Waals surface area (Å²) in [4.78, 5) is 0. The maximum atomic E-state index is 13.9. The fourth-order valence-corrected chi connectivity index (χ4v) is 18.6. The van der Waals surface area contributed by atoms with Crippen LogP contribution in [0.15, 0.2) is 42.5 Å². The fourth-order valence-electron chi connectivity index (χ4n) is 12.4. The van der Waals surface area contributed by atoms with E-state index in [1.54, 1.807) is 5.30 Å². The lowest BCUT2D eigenvalue weighted by atomic mass is 9.55. The lowest BCUT2D eigenvalue weighted by Crippen LogP contribution is -2.58. The van der Waals surface area contributed by atoms with Crippen LogP contribution in [0.1, 0.15) is 126 Å². The number of benzene rings is 2. The largest absolute Gasteiger partial charge is 0.242 e. The van der Waals surface area contributed by atoms with E-state index in [1.165, 1.54) is 99.3 Å². The lowest BCUT2D eigenvalue weighted by Gasteiger charge is -2.67. The molecule has 10 rings (SSSR count). The number of hydrogen-bond donors (Lipinski definition) is 1. The van der Waals surface area contributed by atoms with Gasteiger partial charge in [-0.2, -0.15) is 0 Å². The molecule has 8 bridgehead atoms. The van der Waals surface area contributed by atoms with Crippen molar-refractivity contribution in [3.63, 3.8) is 0 Å². The molecule has 232 valence electrons. The maximum absolute atomic E-state index is 13.9. The van der Waals surface area contributed by atoms with E-state index in [2.05, 4.69) is 81.8 Å². The van der Waals surface area contributed by atoms with Crippen molar-refractivity contribution in [2.24, 2.45) is 35.5 Å². The molecule has 0 saturated heterocycles. The molecule has 1 N–H and O–H groups in total. The first-order chi connectivity index (χ1) is 20.5. The molecule has 2 aromatic carbocycles. The van der Waals surface area contributed by atoms with Gasteiger partial charge in [-0.1, -0.05) is 61.5 Å². The summed E-state index contributed by atoms with van der Waals surface area (Å²) in [5.74, 6) is 5.83. The van der Waals surface area contributed by atoms with Gasteiger partial charge >= 0.3 is 0 Å². The molecular formula is C39H54NOPS. The molecule has 8 aliphatic carbocycles. The Balaban J connectivity index is 1.31. The summed E-state index contributed by atoms with van der Waals surface area (Å²) in [7, 11) is -1.52. The third-order valence-corrected chi connectivity index (χ3v) is 18.3. The molecule has 2 nitrogen and oxygen atoms in total. The van der Waals surface area contributed by atoms with Crippen molar-refractivity contribution in [1.82, 2.24) is 4.72 Å². The number of hydrogen-bond acceptors (Lipinski definition) is 1. The van der Waals surface area contributed by atoms with Crippen molar-refractivity contribution in [3.05, 3.63) is 64.7 Å². The van der Waals surface area contributed by atoms with Crippen molar-refractivity contribution in [2.45, 2.75) is 133 Å². The SMILES string of the molecule is Cc1cc(C)cc([C@H](N[S@](=O)C(C)(C)C)c2ccccc2P(C23CC4CC(CC(C4)C2)C3)C23CC4CC(CC(C4)C2)C3)c1. The van der Waals surface area contributed by atoms with Gasteiger partial charge in [-0.15, -0.1) is 0 Å². The molecule has 4 heteroatoms. The molecule has 0 aliphatic heterocycles. The van der Waals surface area contributed by atoms with E-state index >= 15 is 0 Å². The highest BCUT2D eigenvalue weighted by atomic mass is 32.2. The number of aryl methyl sites for hydroxylation is 2. The van der Waals surface area contributed by atoms with Gasteiger partial charge in [0.1, 0.15) is 0 Å². The topological polar surface area (TPSA) is 29.1 Å². The average molecular weight is 616 g/mol. The Bertz CT molecular complexity index is 1290. The van der Waals surface area contributed by atoms with Crippen molar-refractivity contribution >= 4 is 24.2 Å². The second-order valence-electron chi connectivity index (χ2n) is 17.5. The quantitative estimate of drug-likeness (QED) is 0.309. The van der Waals surface area contributed by atoms with Crippen molar-refractivity contribution in [2.75, 3.05) is 0 Å². The van der Waals surface area contributed by atoms with Gasteiger partial charge in [0, 0.05) is 0 Å². The maximum Gasteiger partial charge on any atom is 0.0979 e. The van der Waals surface area contributed by atoms with E-state index < -0.39 is 11.0 Å². The van der Waals surface area contributed by atoms with Crippen molar-refractivity contribution in [3.8, 4) is 0 Å². The molecule has 0 spiro atoms. The van der Waals surface area contributed by atoms with Crippen molar-refractivity contribution < 1.29 is 4.21 Å². The van der Waals surface area contributed by atoms with Gasteiger partial charge in [-0.05, 0) is 174 Å². The molecule has 0 unspecified atom stereocenters. The first-order valence-electron chi connectivity index (χ1n) is 17.6. The minimum atomic E-state index is -1.17. The molecule has 8 saturated carbocycles. The van der Waals surface area contributed by atoms with Gasteiger partial charge in [0.2, 0.25) is 0 Å². The van der Waals surface area contributed by atoms with E-state index in [-0.39, 0.29) is 18.7 Å². The molecule has 0 radical (unpaired) electrons. The Hall–Kier alpha value is -1.02. The highest BCUT2D eigenvalue weighted by Gasteiger charge is 2.63. The zero-order chi connectivity index (χ0) is 29.7. The standard InChI is InChI=1S/C39H54NOPS/c1-25-10-26(2)12-33(11-25)36(40-43(41)37(3,4)5)34-8-6-7-9-35(34)42(38-19-27-13-28(20-38)15-29(14-27)21-38)39-22-30-16-31(23-39)18-32(17-30)24-39/h6-12,27-32,36,40H,13-24H2,1-5H3/t27?,28?,29?,30?,31?,32?,36-,38?,39?,42?,43+/m0/s1. The second-order valence-corrected chi connectivity index (χ2v) is 22.6. The smallest absolute Gasteiger partial charge is 0.0979 e. The fraction of sp³-hybridized carbons (Fsp3) is 0.692. The number of nitrogens with one attached hydrogen (secondary N) is 1. The predicted octanol–water partition coefficient (Wildman–Crippen LogP) is 9.49. The van der Waals surface area contributed by atoms with E-state index in [9.17, 15) is 4.21 Å². The summed E-state index contributed by atoms with van der Waals surface area (Å²) in [6.07, 6.45) is 18.1. The van der Waals surface area contributed by atoms with Crippen LogP contribution in [0.4, 0.5) is 0 Å². The predicted molar refractivity (Wildman–Crippen MR) is 184 cm³/mol. The summed E-state index contributed by atoms with van der Waals surface area (Å²) in [6.45, 7) is 10.8. The highest BCUT2D eigenvalue weighted by molar-refractivity contribution is 7.84. The normalized spacial score (nSPS) is 39.7. The van der Waals surface area contributed by atoms with Crippen LogP contribution in [0.3, 0.4) is 0 Å². The monoisotopic (exact) mass is 615 g/mol.